The highest BCUT2D eigenvalue weighted by molar-refractivity contribution is 9.10. The van der Waals surface area contributed by atoms with E-state index in [2.05, 4.69) is 52.5 Å². The third kappa shape index (κ3) is 2.75. The van der Waals surface area contributed by atoms with Crippen molar-refractivity contribution < 1.29 is 0 Å². The standard InChI is InChI=1S/C17H22BrClN2/c1-11(19)16-20-13-10-12(18)7-8-14(13)21(16)15-6-4-5-9-17(15,2)3/h7-8,10-11,15H,4-6,9H2,1-3H3. The highest BCUT2D eigenvalue weighted by Crippen LogP contribution is 2.46. The summed E-state index contributed by atoms with van der Waals surface area (Å²) < 4.78 is 3.48. The Kier molecular flexibility index (Phi) is 4.08. The van der Waals surface area contributed by atoms with Gasteiger partial charge >= 0.3 is 0 Å². The van der Waals surface area contributed by atoms with E-state index in [1.54, 1.807) is 0 Å². The number of alkyl halides is 1. The first kappa shape index (κ1) is 15.4. The Labute approximate surface area is 140 Å². The molecule has 1 aliphatic carbocycles. The van der Waals surface area contributed by atoms with Gasteiger partial charge in [0.1, 0.15) is 5.82 Å². The molecule has 1 fully saturated rings. The minimum atomic E-state index is -0.0751. The second-order valence-corrected chi connectivity index (χ2v) is 8.41. The van der Waals surface area contributed by atoms with Crippen molar-refractivity contribution >= 4 is 38.6 Å². The number of fused-ring (bicyclic) bond motifs is 1. The molecule has 4 heteroatoms. The van der Waals surface area contributed by atoms with Crippen LogP contribution in [0.3, 0.4) is 0 Å². The molecule has 2 unspecified atom stereocenters. The molecule has 0 aliphatic heterocycles. The molecule has 0 spiro atoms. The highest BCUT2D eigenvalue weighted by Gasteiger charge is 2.36. The average Bonchev–Trinajstić information content (AvgIpc) is 2.76. The SMILES string of the molecule is CC(Cl)c1nc2cc(Br)ccc2n1C1CCCCC1(C)C. The number of hydrogen-bond acceptors (Lipinski definition) is 1. The van der Waals surface area contributed by atoms with Crippen molar-refractivity contribution in [1.82, 2.24) is 9.55 Å². The molecule has 0 radical (unpaired) electrons. The van der Waals surface area contributed by atoms with Crippen molar-refractivity contribution in [1.29, 1.82) is 0 Å². The molecular weight excluding hydrogens is 348 g/mol. The van der Waals surface area contributed by atoms with Gasteiger partial charge in [0.05, 0.1) is 16.4 Å². The van der Waals surface area contributed by atoms with Gasteiger partial charge in [0.15, 0.2) is 0 Å². The smallest absolute Gasteiger partial charge is 0.127 e. The fourth-order valence-corrected chi connectivity index (χ4v) is 4.16. The number of imidazole rings is 1. The average molecular weight is 370 g/mol. The number of rotatable bonds is 2. The van der Waals surface area contributed by atoms with Gasteiger partial charge in [-0.25, -0.2) is 4.98 Å². The van der Waals surface area contributed by atoms with Crippen LogP contribution in [0.2, 0.25) is 0 Å². The van der Waals surface area contributed by atoms with Gasteiger partial charge in [-0.1, -0.05) is 42.6 Å². The highest BCUT2D eigenvalue weighted by atomic mass is 79.9. The van der Waals surface area contributed by atoms with Gasteiger partial charge in [0, 0.05) is 10.5 Å². The zero-order valence-corrected chi connectivity index (χ0v) is 15.2. The first-order valence-electron chi connectivity index (χ1n) is 7.71. The molecule has 0 amide bonds. The predicted octanol–water partition coefficient (Wildman–Crippen LogP) is 6.24. The first-order valence-corrected chi connectivity index (χ1v) is 8.94. The topological polar surface area (TPSA) is 17.8 Å². The van der Waals surface area contributed by atoms with E-state index in [0.717, 1.165) is 15.8 Å². The number of benzene rings is 1. The van der Waals surface area contributed by atoms with E-state index in [0.29, 0.717) is 11.5 Å². The lowest BCUT2D eigenvalue weighted by molar-refractivity contribution is 0.145. The molecule has 1 aromatic heterocycles. The minimum absolute atomic E-state index is 0.0751. The summed E-state index contributed by atoms with van der Waals surface area (Å²) in [5.41, 5.74) is 2.54. The maximum Gasteiger partial charge on any atom is 0.127 e. The quantitative estimate of drug-likeness (QED) is 0.573. The Morgan fingerprint density at radius 1 is 1.38 bits per heavy atom. The Morgan fingerprint density at radius 3 is 2.81 bits per heavy atom. The number of hydrogen-bond donors (Lipinski definition) is 0. The van der Waals surface area contributed by atoms with E-state index < -0.39 is 0 Å². The van der Waals surface area contributed by atoms with Crippen molar-refractivity contribution in [2.75, 3.05) is 0 Å². The van der Waals surface area contributed by atoms with E-state index >= 15 is 0 Å². The lowest BCUT2D eigenvalue weighted by Crippen LogP contribution is -2.31. The van der Waals surface area contributed by atoms with Crippen LogP contribution in [0.1, 0.15) is 63.7 Å². The van der Waals surface area contributed by atoms with Gasteiger partial charge in [-0.15, -0.1) is 11.6 Å². The van der Waals surface area contributed by atoms with E-state index in [4.69, 9.17) is 16.6 Å². The summed E-state index contributed by atoms with van der Waals surface area (Å²) in [6, 6.07) is 6.83. The van der Waals surface area contributed by atoms with Crippen molar-refractivity contribution in [3.05, 3.63) is 28.5 Å². The third-order valence-corrected chi connectivity index (χ3v) is 5.49. The minimum Gasteiger partial charge on any atom is -0.323 e. The molecule has 1 heterocycles. The summed E-state index contributed by atoms with van der Waals surface area (Å²) in [6.07, 6.45) is 5.10. The summed E-state index contributed by atoms with van der Waals surface area (Å²) in [5.74, 6) is 1.00. The monoisotopic (exact) mass is 368 g/mol. The lowest BCUT2D eigenvalue weighted by Gasteiger charge is -2.40. The zero-order valence-electron chi connectivity index (χ0n) is 12.9. The predicted molar refractivity (Wildman–Crippen MR) is 93.0 cm³/mol. The van der Waals surface area contributed by atoms with Crippen LogP contribution < -0.4 is 0 Å². The number of halogens is 2. The maximum absolute atomic E-state index is 6.44. The Morgan fingerprint density at radius 2 is 2.14 bits per heavy atom. The molecule has 2 aromatic rings. The van der Waals surface area contributed by atoms with Crippen LogP contribution in [0.15, 0.2) is 22.7 Å². The Balaban J connectivity index is 2.21. The Hall–Kier alpha value is -0.540. The first-order chi connectivity index (χ1) is 9.90. The lowest BCUT2D eigenvalue weighted by atomic mass is 9.73. The van der Waals surface area contributed by atoms with Crippen LogP contribution in [-0.2, 0) is 0 Å². The summed E-state index contributed by atoms with van der Waals surface area (Å²) >= 11 is 9.98. The van der Waals surface area contributed by atoms with Gasteiger partial charge in [-0.05, 0) is 43.4 Å². The molecule has 0 saturated heterocycles. The van der Waals surface area contributed by atoms with Crippen LogP contribution in [0, 0.1) is 5.41 Å². The Bertz CT molecular complexity index is 660. The van der Waals surface area contributed by atoms with Gasteiger partial charge in [-0.2, -0.15) is 0 Å². The summed E-state index contributed by atoms with van der Waals surface area (Å²) in [5, 5.41) is -0.0751. The summed E-state index contributed by atoms with van der Waals surface area (Å²) in [6.45, 7) is 6.78. The van der Waals surface area contributed by atoms with Crippen LogP contribution in [0.5, 0.6) is 0 Å². The molecule has 0 bridgehead atoms. The molecule has 1 saturated carbocycles. The van der Waals surface area contributed by atoms with Gasteiger partial charge < -0.3 is 4.57 Å². The molecule has 2 atom stereocenters. The summed E-state index contributed by atoms with van der Waals surface area (Å²) in [7, 11) is 0. The van der Waals surface area contributed by atoms with Gasteiger partial charge in [-0.3, -0.25) is 0 Å². The molecule has 21 heavy (non-hydrogen) atoms. The fourth-order valence-electron chi connectivity index (χ4n) is 3.65. The van der Waals surface area contributed by atoms with Crippen LogP contribution >= 0.6 is 27.5 Å². The molecule has 2 nitrogen and oxygen atoms in total. The van der Waals surface area contributed by atoms with Crippen LogP contribution in [0.25, 0.3) is 11.0 Å². The number of nitrogens with zero attached hydrogens (tertiary/aromatic N) is 2. The maximum atomic E-state index is 6.44. The molecule has 1 aliphatic rings. The van der Waals surface area contributed by atoms with Gasteiger partial charge in [0.2, 0.25) is 0 Å². The third-order valence-electron chi connectivity index (χ3n) is 4.80. The fraction of sp³-hybridized carbons (Fsp3) is 0.588. The van der Waals surface area contributed by atoms with Crippen molar-refractivity contribution in [2.24, 2.45) is 5.41 Å². The number of aromatic nitrogens is 2. The molecule has 114 valence electrons. The van der Waals surface area contributed by atoms with Crippen molar-refractivity contribution in [2.45, 2.75) is 57.9 Å². The van der Waals surface area contributed by atoms with E-state index in [9.17, 15) is 0 Å². The molecular formula is C17H22BrClN2. The normalized spacial score (nSPS) is 23.4. The zero-order chi connectivity index (χ0) is 15.2. The van der Waals surface area contributed by atoms with Crippen LogP contribution in [0.4, 0.5) is 0 Å². The molecule has 3 rings (SSSR count). The largest absolute Gasteiger partial charge is 0.323 e. The van der Waals surface area contributed by atoms with E-state index in [1.165, 1.54) is 31.2 Å². The van der Waals surface area contributed by atoms with Crippen molar-refractivity contribution in [3.63, 3.8) is 0 Å². The van der Waals surface area contributed by atoms with E-state index in [1.807, 2.05) is 6.92 Å². The van der Waals surface area contributed by atoms with Crippen molar-refractivity contribution in [3.8, 4) is 0 Å². The van der Waals surface area contributed by atoms with Gasteiger partial charge in [0.25, 0.3) is 0 Å². The summed E-state index contributed by atoms with van der Waals surface area (Å²) in [4.78, 5) is 4.81. The molecule has 0 N–H and O–H groups in total. The van der Waals surface area contributed by atoms with Crippen LogP contribution in [-0.4, -0.2) is 9.55 Å². The second-order valence-electron chi connectivity index (χ2n) is 6.84. The molecule has 1 aromatic carbocycles. The van der Waals surface area contributed by atoms with E-state index in [-0.39, 0.29) is 5.38 Å². The second kappa shape index (κ2) is 5.58.